The minimum atomic E-state index is -0.720. The molecule has 0 fully saturated rings. The Morgan fingerprint density at radius 1 is 0.939 bits per heavy atom. The van der Waals surface area contributed by atoms with Crippen LogP contribution in [0.4, 0.5) is 4.39 Å². The molecule has 2 heterocycles. The molecule has 2 aliphatic rings. The van der Waals surface area contributed by atoms with Crippen molar-refractivity contribution in [3.05, 3.63) is 83.0 Å². The zero-order valence-electron chi connectivity index (χ0n) is 18.4. The number of rotatable bonds is 7. The number of hydrogen-bond donors (Lipinski definition) is 0. The van der Waals surface area contributed by atoms with Gasteiger partial charge >= 0.3 is 11.9 Å². The molecule has 172 valence electrons. The summed E-state index contributed by atoms with van der Waals surface area (Å²) in [7, 11) is 0. The number of nitrogens with zero attached hydrogens (tertiary/aromatic N) is 1. The monoisotopic (exact) mass is 453 g/mol. The highest BCUT2D eigenvalue weighted by molar-refractivity contribution is 5.98. The quantitative estimate of drug-likeness (QED) is 0.586. The lowest BCUT2D eigenvalue weighted by Crippen LogP contribution is -2.29. The van der Waals surface area contributed by atoms with Gasteiger partial charge in [0.2, 0.25) is 6.79 Å². The van der Waals surface area contributed by atoms with Crippen molar-refractivity contribution in [1.82, 2.24) is 4.90 Å². The van der Waals surface area contributed by atoms with E-state index >= 15 is 0 Å². The van der Waals surface area contributed by atoms with Crippen LogP contribution in [0.1, 0.15) is 30.9 Å². The van der Waals surface area contributed by atoms with Crippen LogP contribution < -0.4 is 9.47 Å². The highest BCUT2D eigenvalue weighted by atomic mass is 19.1. The summed E-state index contributed by atoms with van der Waals surface area (Å²) in [6, 6.07) is 11.3. The molecule has 0 bridgehead atoms. The number of carbonyl (C=O) groups excluding carboxylic acids is 2. The van der Waals surface area contributed by atoms with Gasteiger partial charge in [-0.2, -0.15) is 0 Å². The molecule has 0 atom stereocenters. The second-order valence-electron chi connectivity index (χ2n) is 7.45. The topological polar surface area (TPSA) is 74.3 Å². The Hall–Kier alpha value is -3.81. The molecule has 0 aromatic heterocycles. The number of benzene rings is 2. The van der Waals surface area contributed by atoms with Crippen LogP contribution in [0.3, 0.4) is 0 Å². The van der Waals surface area contributed by atoms with Gasteiger partial charge in [0.25, 0.3) is 0 Å². The predicted molar refractivity (Wildman–Crippen MR) is 117 cm³/mol. The molecule has 0 saturated carbocycles. The van der Waals surface area contributed by atoms with Crippen LogP contribution in [-0.2, 0) is 25.6 Å². The Balaban J connectivity index is 1.77. The van der Waals surface area contributed by atoms with Crippen LogP contribution in [0.15, 0.2) is 66.0 Å². The maximum absolute atomic E-state index is 13.3. The van der Waals surface area contributed by atoms with Crippen LogP contribution in [0.5, 0.6) is 11.5 Å². The molecular weight excluding hydrogens is 429 g/mol. The van der Waals surface area contributed by atoms with Crippen molar-refractivity contribution in [2.24, 2.45) is 0 Å². The molecule has 0 unspecified atom stereocenters. The van der Waals surface area contributed by atoms with Crippen molar-refractivity contribution in [1.29, 1.82) is 0 Å². The fourth-order valence-corrected chi connectivity index (χ4v) is 3.82. The lowest BCUT2D eigenvalue weighted by molar-refractivity contribution is -0.139. The van der Waals surface area contributed by atoms with Crippen LogP contribution in [0, 0.1) is 5.82 Å². The minimum absolute atomic E-state index is 0.107. The smallest absolute Gasteiger partial charge is 0.336 e. The van der Waals surface area contributed by atoms with Gasteiger partial charge < -0.3 is 23.8 Å². The largest absolute Gasteiger partial charge is 0.463 e. The van der Waals surface area contributed by atoms with Crippen LogP contribution in [0.25, 0.3) is 0 Å². The number of fused-ring (bicyclic) bond motifs is 1. The van der Waals surface area contributed by atoms with E-state index in [1.54, 1.807) is 61.5 Å². The van der Waals surface area contributed by atoms with Crippen molar-refractivity contribution in [3.8, 4) is 11.5 Å². The first kappa shape index (κ1) is 22.4. The Labute approximate surface area is 191 Å². The Morgan fingerprint density at radius 2 is 1.55 bits per heavy atom. The van der Waals surface area contributed by atoms with E-state index in [1.807, 2.05) is 0 Å². The Morgan fingerprint density at radius 3 is 2.15 bits per heavy atom. The summed E-state index contributed by atoms with van der Waals surface area (Å²) < 4.78 is 34.8. The third-order valence-electron chi connectivity index (χ3n) is 5.26. The molecule has 0 radical (unpaired) electrons. The van der Waals surface area contributed by atoms with Crippen molar-refractivity contribution in [2.45, 2.75) is 26.3 Å². The maximum atomic E-state index is 13.3. The van der Waals surface area contributed by atoms with Crippen molar-refractivity contribution in [2.75, 3.05) is 20.0 Å². The van der Waals surface area contributed by atoms with E-state index in [0.717, 1.165) is 5.56 Å². The Bertz CT molecular complexity index is 1070. The first-order chi connectivity index (χ1) is 16.0. The van der Waals surface area contributed by atoms with Gasteiger partial charge in [0.1, 0.15) is 5.82 Å². The fourth-order valence-electron chi connectivity index (χ4n) is 3.82. The molecule has 0 amide bonds. The van der Waals surface area contributed by atoms with E-state index in [0.29, 0.717) is 23.6 Å². The molecule has 4 rings (SSSR count). The highest BCUT2D eigenvalue weighted by Gasteiger charge is 2.36. The molecule has 2 aromatic carbocycles. The third-order valence-corrected chi connectivity index (χ3v) is 5.26. The van der Waals surface area contributed by atoms with Gasteiger partial charge in [0.05, 0.1) is 30.3 Å². The van der Waals surface area contributed by atoms with E-state index in [1.165, 1.54) is 12.1 Å². The third kappa shape index (κ3) is 4.84. The number of carbonyl (C=O) groups is 2. The normalized spacial score (nSPS) is 15.1. The van der Waals surface area contributed by atoms with E-state index in [2.05, 4.69) is 0 Å². The zero-order valence-corrected chi connectivity index (χ0v) is 18.4. The van der Waals surface area contributed by atoms with E-state index in [-0.39, 0.29) is 37.0 Å². The maximum Gasteiger partial charge on any atom is 0.336 e. The molecule has 2 aliphatic heterocycles. The molecule has 33 heavy (non-hydrogen) atoms. The van der Waals surface area contributed by atoms with Gasteiger partial charge in [-0.25, -0.2) is 14.0 Å². The second-order valence-corrected chi connectivity index (χ2v) is 7.45. The summed E-state index contributed by atoms with van der Waals surface area (Å²) in [6.45, 7) is 4.22. The van der Waals surface area contributed by atoms with Gasteiger partial charge in [-0.3, -0.25) is 0 Å². The van der Waals surface area contributed by atoms with Crippen LogP contribution >= 0.6 is 0 Å². The fraction of sp³-hybridized carbons (Fsp3) is 0.280. The summed E-state index contributed by atoms with van der Waals surface area (Å²) in [5.74, 6) is -1.02. The summed E-state index contributed by atoms with van der Waals surface area (Å²) in [4.78, 5) is 27.7. The van der Waals surface area contributed by atoms with Crippen molar-refractivity contribution >= 4 is 11.9 Å². The highest BCUT2D eigenvalue weighted by Crippen LogP contribution is 2.42. The van der Waals surface area contributed by atoms with Gasteiger partial charge in [0.15, 0.2) is 11.5 Å². The number of halogens is 1. The van der Waals surface area contributed by atoms with Crippen molar-refractivity contribution in [3.63, 3.8) is 0 Å². The van der Waals surface area contributed by atoms with E-state index in [9.17, 15) is 14.0 Å². The first-order valence-corrected chi connectivity index (χ1v) is 10.7. The van der Waals surface area contributed by atoms with Crippen molar-refractivity contribution < 1.29 is 32.9 Å². The second kappa shape index (κ2) is 9.77. The molecule has 0 aliphatic carbocycles. The van der Waals surface area contributed by atoms with E-state index < -0.39 is 17.9 Å². The first-order valence-electron chi connectivity index (χ1n) is 10.7. The molecule has 0 spiro atoms. The molecule has 0 saturated heterocycles. The Kier molecular flexibility index (Phi) is 6.63. The molecule has 0 N–H and O–H groups in total. The van der Waals surface area contributed by atoms with Gasteiger partial charge in [0, 0.05) is 18.9 Å². The SMILES string of the molecule is CCOC(=O)C1=CN(Cc2ccc(F)cc2)C=C(C(=O)OCC)C1c1ccc2c(c1)OCO2. The molecular formula is C25H24FNO6. The summed E-state index contributed by atoms with van der Waals surface area (Å²) in [5, 5.41) is 0. The number of ether oxygens (including phenoxy) is 4. The summed E-state index contributed by atoms with van der Waals surface area (Å²) in [6.07, 6.45) is 3.30. The predicted octanol–water partition coefficient (Wildman–Crippen LogP) is 4.05. The average molecular weight is 453 g/mol. The zero-order chi connectivity index (χ0) is 23.4. The van der Waals surface area contributed by atoms with Gasteiger partial charge in [-0.1, -0.05) is 18.2 Å². The molecule has 7 nitrogen and oxygen atoms in total. The minimum Gasteiger partial charge on any atom is -0.463 e. The van der Waals surface area contributed by atoms with Crippen LogP contribution in [0.2, 0.25) is 0 Å². The summed E-state index contributed by atoms with van der Waals surface area (Å²) in [5.41, 5.74) is 2.03. The number of hydrogen-bond acceptors (Lipinski definition) is 7. The standard InChI is InChI=1S/C25H24FNO6/c1-3-30-24(28)19-13-27(12-16-5-8-18(26)9-6-16)14-20(25(29)31-4-2)23(19)17-7-10-21-22(11-17)33-15-32-21/h5-11,13-14,23H,3-4,12,15H2,1-2H3. The average Bonchev–Trinajstić information content (AvgIpc) is 3.28. The summed E-state index contributed by atoms with van der Waals surface area (Å²) >= 11 is 0. The van der Waals surface area contributed by atoms with Gasteiger partial charge in [-0.15, -0.1) is 0 Å². The molecule has 8 heteroatoms. The van der Waals surface area contributed by atoms with Crippen LogP contribution in [-0.4, -0.2) is 36.8 Å². The molecule has 2 aromatic rings. The lowest BCUT2D eigenvalue weighted by atomic mass is 9.83. The number of esters is 2. The van der Waals surface area contributed by atoms with E-state index in [4.69, 9.17) is 18.9 Å². The van der Waals surface area contributed by atoms with Gasteiger partial charge in [-0.05, 0) is 49.2 Å². The lowest BCUT2D eigenvalue weighted by Gasteiger charge is -2.30.